The molecule has 0 bridgehead atoms. The van der Waals surface area contributed by atoms with E-state index in [1.165, 1.54) is 19.3 Å². The average molecular weight is 412 g/mol. The predicted octanol–water partition coefficient (Wildman–Crippen LogP) is 2.09. The molecule has 0 aromatic heterocycles. The fraction of sp³-hybridized carbons (Fsp3) is 0.609. The van der Waals surface area contributed by atoms with Gasteiger partial charge in [-0.05, 0) is 68.3 Å². The molecule has 3 heterocycles. The lowest BCUT2D eigenvalue weighted by Gasteiger charge is -2.30. The van der Waals surface area contributed by atoms with Crippen molar-refractivity contribution in [2.75, 3.05) is 13.1 Å². The molecule has 5 rings (SSSR count). The zero-order chi connectivity index (χ0) is 20.8. The Bertz CT molecular complexity index is 885. The van der Waals surface area contributed by atoms with Gasteiger partial charge in [0.15, 0.2) is 0 Å². The molecule has 1 aromatic rings. The molecule has 0 radical (unpaired) electrons. The number of benzene rings is 1. The quantitative estimate of drug-likeness (QED) is 0.768. The standard InChI is InChI=1S/C23H29N3O4/c1-14-9-10-25(12-14)18-3-2-4-20(18)30-16-5-6-17-15(11-16)13-26(23(17)29)19-7-8-21(27)24-22(19)28/h5-6,11,14,18-20H,2-4,7-10,12-13H2,1H3,(H,24,27,28)/t14-,18+,19?,20-/m1/s1. The van der Waals surface area contributed by atoms with Gasteiger partial charge in [-0.1, -0.05) is 6.92 Å². The van der Waals surface area contributed by atoms with E-state index in [0.29, 0.717) is 24.6 Å². The maximum Gasteiger partial charge on any atom is 0.255 e. The zero-order valence-corrected chi connectivity index (χ0v) is 17.4. The van der Waals surface area contributed by atoms with Crippen LogP contribution in [0.3, 0.4) is 0 Å². The van der Waals surface area contributed by atoms with E-state index >= 15 is 0 Å². The Balaban J connectivity index is 1.29. The molecule has 3 aliphatic heterocycles. The van der Waals surface area contributed by atoms with Gasteiger partial charge in [-0.3, -0.25) is 24.6 Å². The number of hydrogen-bond acceptors (Lipinski definition) is 5. The minimum atomic E-state index is -0.580. The van der Waals surface area contributed by atoms with Gasteiger partial charge < -0.3 is 9.64 Å². The minimum absolute atomic E-state index is 0.143. The van der Waals surface area contributed by atoms with Crippen LogP contribution < -0.4 is 10.1 Å². The molecule has 0 spiro atoms. The number of carbonyl (C=O) groups excluding carboxylic acids is 3. The van der Waals surface area contributed by atoms with Gasteiger partial charge in [-0.25, -0.2) is 0 Å². The highest BCUT2D eigenvalue weighted by molar-refractivity contribution is 6.05. The Hall–Kier alpha value is -2.41. The van der Waals surface area contributed by atoms with Gasteiger partial charge in [0.1, 0.15) is 17.9 Å². The number of hydrogen-bond donors (Lipinski definition) is 1. The first kappa shape index (κ1) is 19.5. The lowest BCUT2D eigenvalue weighted by molar-refractivity contribution is -0.136. The first-order chi connectivity index (χ1) is 14.5. The van der Waals surface area contributed by atoms with E-state index < -0.39 is 6.04 Å². The highest BCUT2D eigenvalue weighted by Crippen LogP contribution is 2.34. The van der Waals surface area contributed by atoms with Crippen LogP contribution in [0.1, 0.15) is 61.4 Å². The van der Waals surface area contributed by atoms with E-state index in [-0.39, 0.29) is 30.2 Å². The number of nitrogens with zero attached hydrogens (tertiary/aromatic N) is 2. The van der Waals surface area contributed by atoms with Crippen molar-refractivity contribution in [3.05, 3.63) is 29.3 Å². The highest BCUT2D eigenvalue weighted by Gasteiger charge is 2.40. The molecule has 4 aliphatic rings. The SMILES string of the molecule is C[C@@H]1CCN([C@H]2CCC[C@H]2Oc2ccc3c(c2)CN(C2CCC(=O)NC2=O)C3=O)C1. The summed E-state index contributed by atoms with van der Waals surface area (Å²) < 4.78 is 6.42. The van der Waals surface area contributed by atoms with Crippen LogP contribution in [-0.2, 0) is 16.1 Å². The molecule has 7 heteroatoms. The summed E-state index contributed by atoms with van der Waals surface area (Å²) in [6, 6.07) is 5.56. The highest BCUT2D eigenvalue weighted by atomic mass is 16.5. The van der Waals surface area contributed by atoms with E-state index in [1.54, 1.807) is 4.90 Å². The molecular formula is C23H29N3O4. The number of imide groups is 1. The summed E-state index contributed by atoms with van der Waals surface area (Å²) in [5.74, 6) is 0.773. The Morgan fingerprint density at radius 2 is 1.97 bits per heavy atom. The summed E-state index contributed by atoms with van der Waals surface area (Å²) in [6.45, 7) is 5.02. The van der Waals surface area contributed by atoms with Gasteiger partial charge in [0.2, 0.25) is 11.8 Å². The van der Waals surface area contributed by atoms with Crippen molar-refractivity contribution in [2.45, 2.75) is 70.2 Å². The van der Waals surface area contributed by atoms with E-state index in [1.807, 2.05) is 18.2 Å². The maximum atomic E-state index is 12.8. The second kappa shape index (κ2) is 7.69. The Labute approximate surface area is 176 Å². The van der Waals surface area contributed by atoms with Crippen LogP contribution >= 0.6 is 0 Å². The third-order valence-corrected chi connectivity index (χ3v) is 7.12. The number of rotatable bonds is 4. The molecule has 2 saturated heterocycles. The van der Waals surface area contributed by atoms with Gasteiger partial charge in [-0.2, -0.15) is 0 Å². The van der Waals surface area contributed by atoms with Crippen molar-refractivity contribution in [1.29, 1.82) is 0 Å². The summed E-state index contributed by atoms with van der Waals surface area (Å²) in [6.07, 6.45) is 5.54. The number of likely N-dealkylation sites (tertiary alicyclic amines) is 1. The van der Waals surface area contributed by atoms with Crippen LogP contribution in [0.15, 0.2) is 18.2 Å². The number of fused-ring (bicyclic) bond motifs is 1. The Kier molecular flexibility index (Phi) is 5.01. The monoisotopic (exact) mass is 411 g/mol. The molecule has 1 aliphatic carbocycles. The number of piperidine rings is 1. The van der Waals surface area contributed by atoms with Crippen molar-refractivity contribution < 1.29 is 19.1 Å². The minimum Gasteiger partial charge on any atom is -0.489 e. The van der Waals surface area contributed by atoms with E-state index in [9.17, 15) is 14.4 Å². The normalized spacial score (nSPS) is 31.9. The molecule has 1 aromatic carbocycles. The van der Waals surface area contributed by atoms with Crippen molar-refractivity contribution in [3.8, 4) is 5.75 Å². The third kappa shape index (κ3) is 3.49. The number of ether oxygens (including phenoxy) is 1. The maximum absolute atomic E-state index is 12.8. The Morgan fingerprint density at radius 3 is 2.73 bits per heavy atom. The third-order valence-electron chi connectivity index (χ3n) is 7.12. The van der Waals surface area contributed by atoms with Crippen LogP contribution in [0.4, 0.5) is 0 Å². The van der Waals surface area contributed by atoms with Crippen molar-refractivity contribution >= 4 is 17.7 Å². The second-order valence-corrected chi connectivity index (χ2v) is 9.26. The summed E-state index contributed by atoms with van der Waals surface area (Å²) in [4.78, 5) is 40.7. The molecule has 1 saturated carbocycles. The van der Waals surface area contributed by atoms with Crippen LogP contribution in [0.2, 0.25) is 0 Å². The Morgan fingerprint density at radius 1 is 1.10 bits per heavy atom. The molecule has 3 fully saturated rings. The predicted molar refractivity (Wildman–Crippen MR) is 110 cm³/mol. The second-order valence-electron chi connectivity index (χ2n) is 9.26. The topological polar surface area (TPSA) is 79.0 Å². The van der Waals surface area contributed by atoms with Crippen molar-refractivity contribution in [1.82, 2.24) is 15.1 Å². The smallest absolute Gasteiger partial charge is 0.255 e. The number of nitrogens with one attached hydrogen (secondary N) is 1. The first-order valence-electron chi connectivity index (χ1n) is 11.2. The lowest BCUT2D eigenvalue weighted by Crippen LogP contribution is -2.52. The molecule has 1 unspecified atom stereocenters. The zero-order valence-electron chi connectivity index (χ0n) is 17.4. The largest absolute Gasteiger partial charge is 0.489 e. The van der Waals surface area contributed by atoms with Crippen molar-refractivity contribution in [2.24, 2.45) is 5.92 Å². The van der Waals surface area contributed by atoms with Crippen LogP contribution in [0.5, 0.6) is 5.75 Å². The van der Waals surface area contributed by atoms with Gasteiger partial charge in [0.25, 0.3) is 5.91 Å². The number of amides is 3. The molecule has 1 N–H and O–H groups in total. The lowest BCUT2D eigenvalue weighted by atomic mass is 10.0. The van der Waals surface area contributed by atoms with Crippen LogP contribution in [0, 0.1) is 5.92 Å². The molecule has 160 valence electrons. The fourth-order valence-corrected chi connectivity index (χ4v) is 5.53. The summed E-state index contributed by atoms with van der Waals surface area (Å²) in [5.41, 5.74) is 1.52. The molecule has 4 atom stereocenters. The summed E-state index contributed by atoms with van der Waals surface area (Å²) in [5, 5.41) is 2.35. The van der Waals surface area contributed by atoms with Crippen LogP contribution in [0.25, 0.3) is 0 Å². The first-order valence-corrected chi connectivity index (χ1v) is 11.2. The van der Waals surface area contributed by atoms with Gasteiger partial charge in [0.05, 0.1) is 0 Å². The van der Waals surface area contributed by atoms with Gasteiger partial charge in [0, 0.05) is 31.1 Å². The van der Waals surface area contributed by atoms with E-state index in [4.69, 9.17) is 4.74 Å². The molecule has 3 amide bonds. The number of carbonyl (C=O) groups is 3. The van der Waals surface area contributed by atoms with Crippen LogP contribution in [-0.4, -0.2) is 58.8 Å². The molecule has 30 heavy (non-hydrogen) atoms. The van der Waals surface area contributed by atoms with E-state index in [0.717, 1.165) is 36.7 Å². The van der Waals surface area contributed by atoms with Gasteiger partial charge >= 0.3 is 0 Å². The molecule has 7 nitrogen and oxygen atoms in total. The van der Waals surface area contributed by atoms with E-state index in [2.05, 4.69) is 17.1 Å². The summed E-state index contributed by atoms with van der Waals surface area (Å²) in [7, 11) is 0. The van der Waals surface area contributed by atoms with Crippen molar-refractivity contribution in [3.63, 3.8) is 0 Å². The fourth-order valence-electron chi connectivity index (χ4n) is 5.53. The average Bonchev–Trinajstić information content (AvgIpc) is 3.41. The van der Waals surface area contributed by atoms with Gasteiger partial charge in [-0.15, -0.1) is 0 Å². The molecular weight excluding hydrogens is 382 g/mol. The summed E-state index contributed by atoms with van der Waals surface area (Å²) >= 11 is 0.